The van der Waals surface area contributed by atoms with Crippen LogP contribution in [0.4, 0.5) is 10.5 Å². The van der Waals surface area contributed by atoms with Gasteiger partial charge in [0.05, 0.1) is 17.4 Å². The fraction of sp³-hybridized carbons (Fsp3) is 0.444. The molecule has 1 N–H and O–H groups in total. The van der Waals surface area contributed by atoms with Gasteiger partial charge in [0.25, 0.3) is 0 Å². The molecule has 26 heavy (non-hydrogen) atoms. The van der Waals surface area contributed by atoms with Crippen LogP contribution in [0, 0.1) is 6.92 Å². The van der Waals surface area contributed by atoms with Crippen molar-refractivity contribution in [1.82, 2.24) is 23.4 Å². The van der Waals surface area contributed by atoms with Gasteiger partial charge >= 0.3 is 6.03 Å². The lowest BCUT2D eigenvalue weighted by Gasteiger charge is -2.36. The Morgan fingerprint density at radius 3 is 3.12 bits per heavy atom. The highest BCUT2D eigenvalue weighted by Crippen LogP contribution is 2.27. The summed E-state index contributed by atoms with van der Waals surface area (Å²) in [4.78, 5) is 15.0. The molecule has 1 atom stereocenters. The normalized spacial score (nSPS) is 17.6. The van der Waals surface area contributed by atoms with Gasteiger partial charge in [0, 0.05) is 31.5 Å². The minimum absolute atomic E-state index is 0.0428. The monoisotopic (exact) mass is 370 g/mol. The minimum Gasteiger partial charge on any atom is -0.321 e. The first-order valence-electron chi connectivity index (χ1n) is 8.99. The molecular weight excluding hydrogens is 348 g/mol. The first-order valence-corrected chi connectivity index (χ1v) is 9.72. The number of rotatable bonds is 4. The predicted molar refractivity (Wildman–Crippen MR) is 102 cm³/mol. The number of urea groups is 1. The van der Waals surface area contributed by atoms with Gasteiger partial charge in [0.15, 0.2) is 0 Å². The SMILES string of the molecule is Cc1ccc2nsnc2c1NC(=O)N1CCCC[C@@H]1CCn1cccn1. The largest absolute Gasteiger partial charge is 0.322 e. The molecule has 4 rings (SSSR count). The standard InChI is InChI=1S/C18H22N6OS/c1-13-6-7-15-17(22-26-21-15)16(13)20-18(25)24-11-3-2-5-14(24)8-12-23-10-4-9-19-23/h4,6-7,9-10,14H,2-3,5,8,11-12H2,1H3,(H,20,25)/t14-/m1/s1. The highest BCUT2D eigenvalue weighted by atomic mass is 32.1. The number of aryl methyl sites for hydroxylation is 2. The van der Waals surface area contributed by atoms with Gasteiger partial charge in [0.1, 0.15) is 11.0 Å². The van der Waals surface area contributed by atoms with Crippen molar-refractivity contribution in [2.75, 3.05) is 11.9 Å². The number of nitrogens with one attached hydrogen (secondary N) is 1. The molecule has 3 aromatic rings. The third-order valence-electron chi connectivity index (χ3n) is 5.01. The maximum atomic E-state index is 13.0. The lowest BCUT2D eigenvalue weighted by molar-refractivity contribution is 0.154. The quantitative estimate of drug-likeness (QED) is 0.760. The topological polar surface area (TPSA) is 75.9 Å². The first-order chi connectivity index (χ1) is 12.7. The molecule has 0 radical (unpaired) electrons. The zero-order valence-electron chi connectivity index (χ0n) is 14.8. The van der Waals surface area contributed by atoms with E-state index >= 15 is 0 Å². The number of carbonyl (C=O) groups is 1. The Bertz CT molecular complexity index is 890. The van der Waals surface area contributed by atoms with E-state index in [-0.39, 0.29) is 12.1 Å². The van der Waals surface area contributed by atoms with Crippen molar-refractivity contribution in [3.05, 3.63) is 36.2 Å². The van der Waals surface area contributed by atoms with E-state index in [0.29, 0.717) is 0 Å². The molecule has 0 unspecified atom stereocenters. The van der Waals surface area contributed by atoms with Crippen molar-refractivity contribution in [1.29, 1.82) is 0 Å². The van der Waals surface area contributed by atoms with Crippen LogP contribution in [0.2, 0.25) is 0 Å². The maximum Gasteiger partial charge on any atom is 0.322 e. The van der Waals surface area contributed by atoms with Crippen molar-refractivity contribution >= 4 is 34.5 Å². The van der Waals surface area contributed by atoms with Gasteiger partial charge in [-0.3, -0.25) is 4.68 Å². The summed E-state index contributed by atoms with van der Waals surface area (Å²) >= 11 is 1.17. The van der Waals surface area contributed by atoms with Crippen molar-refractivity contribution in [3.63, 3.8) is 0 Å². The van der Waals surface area contributed by atoms with Gasteiger partial charge in [0.2, 0.25) is 0 Å². The summed E-state index contributed by atoms with van der Waals surface area (Å²) in [6.45, 7) is 3.60. The van der Waals surface area contributed by atoms with Crippen molar-refractivity contribution < 1.29 is 4.79 Å². The number of hydrogen-bond acceptors (Lipinski definition) is 5. The number of benzene rings is 1. The van der Waals surface area contributed by atoms with Crippen LogP contribution < -0.4 is 5.32 Å². The zero-order chi connectivity index (χ0) is 17.9. The molecule has 1 fully saturated rings. The van der Waals surface area contributed by atoms with Gasteiger partial charge in [-0.15, -0.1) is 0 Å². The van der Waals surface area contributed by atoms with E-state index in [2.05, 4.69) is 19.2 Å². The lowest BCUT2D eigenvalue weighted by Crippen LogP contribution is -2.46. The van der Waals surface area contributed by atoms with E-state index in [1.54, 1.807) is 6.20 Å². The first kappa shape index (κ1) is 17.0. The average molecular weight is 370 g/mol. The Kier molecular flexibility index (Phi) is 4.83. The van der Waals surface area contributed by atoms with Crippen LogP contribution in [0.1, 0.15) is 31.2 Å². The van der Waals surface area contributed by atoms with Gasteiger partial charge in [-0.05, 0) is 50.3 Å². The van der Waals surface area contributed by atoms with Crippen molar-refractivity contribution in [3.8, 4) is 0 Å². The van der Waals surface area contributed by atoms with Gasteiger partial charge in [-0.25, -0.2) is 4.79 Å². The molecule has 7 nitrogen and oxygen atoms in total. The van der Waals surface area contributed by atoms with Crippen molar-refractivity contribution in [2.45, 2.75) is 45.2 Å². The molecule has 0 bridgehead atoms. The third-order valence-corrected chi connectivity index (χ3v) is 5.55. The van der Waals surface area contributed by atoms with Crippen LogP contribution in [0.15, 0.2) is 30.6 Å². The van der Waals surface area contributed by atoms with Gasteiger partial charge in [-0.1, -0.05) is 6.07 Å². The van der Waals surface area contributed by atoms with Crippen LogP contribution in [0.5, 0.6) is 0 Å². The fourth-order valence-electron chi connectivity index (χ4n) is 3.57. The second-order valence-electron chi connectivity index (χ2n) is 6.72. The predicted octanol–water partition coefficient (Wildman–Crippen LogP) is 3.67. The summed E-state index contributed by atoms with van der Waals surface area (Å²) in [6.07, 6.45) is 7.92. The summed E-state index contributed by atoms with van der Waals surface area (Å²) in [7, 11) is 0. The van der Waals surface area contributed by atoms with Gasteiger partial charge in [-0.2, -0.15) is 13.8 Å². The number of aromatic nitrogens is 4. The molecular formula is C18H22N6OS. The van der Waals surface area contributed by atoms with Crippen LogP contribution in [0.25, 0.3) is 11.0 Å². The molecule has 0 spiro atoms. The van der Waals surface area contributed by atoms with E-state index in [0.717, 1.165) is 61.1 Å². The number of fused-ring (bicyclic) bond motifs is 1. The van der Waals surface area contributed by atoms with Gasteiger partial charge < -0.3 is 10.2 Å². The number of anilines is 1. The molecule has 1 aliphatic heterocycles. The smallest absolute Gasteiger partial charge is 0.321 e. The second kappa shape index (κ2) is 7.41. The Labute approximate surface area is 156 Å². The molecule has 2 aromatic heterocycles. The van der Waals surface area contributed by atoms with E-state index in [4.69, 9.17) is 0 Å². The molecule has 136 valence electrons. The van der Waals surface area contributed by atoms with Crippen LogP contribution in [0.3, 0.4) is 0 Å². The number of nitrogens with zero attached hydrogens (tertiary/aromatic N) is 5. The summed E-state index contributed by atoms with van der Waals surface area (Å²) in [5.41, 5.74) is 3.37. The number of likely N-dealkylation sites (tertiary alicyclic amines) is 1. The lowest BCUT2D eigenvalue weighted by atomic mass is 10.00. The van der Waals surface area contributed by atoms with E-state index in [1.165, 1.54) is 11.7 Å². The molecule has 0 saturated carbocycles. The molecule has 0 aliphatic carbocycles. The Balaban J connectivity index is 1.49. The molecule has 1 saturated heterocycles. The third kappa shape index (κ3) is 3.41. The minimum atomic E-state index is -0.0428. The average Bonchev–Trinajstić information content (AvgIpc) is 3.34. The summed E-state index contributed by atoms with van der Waals surface area (Å²) in [5, 5.41) is 7.36. The molecule has 8 heteroatoms. The number of piperidine rings is 1. The zero-order valence-corrected chi connectivity index (χ0v) is 15.6. The van der Waals surface area contributed by atoms with E-state index < -0.39 is 0 Å². The second-order valence-corrected chi connectivity index (χ2v) is 7.25. The summed E-state index contributed by atoms with van der Waals surface area (Å²) in [5.74, 6) is 0. The highest BCUT2D eigenvalue weighted by molar-refractivity contribution is 7.00. The summed E-state index contributed by atoms with van der Waals surface area (Å²) < 4.78 is 10.5. The fourth-order valence-corrected chi connectivity index (χ4v) is 4.11. The maximum absolute atomic E-state index is 13.0. The molecule has 1 aliphatic rings. The molecule has 3 heterocycles. The Morgan fingerprint density at radius 1 is 1.35 bits per heavy atom. The Morgan fingerprint density at radius 2 is 2.27 bits per heavy atom. The van der Waals surface area contributed by atoms with Crippen LogP contribution in [-0.4, -0.2) is 42.0 Å². The highest BCUT2D eigenvalue weighted by Gasteiger charge is 2.27. The van der Waals surface area contributed by atoms with E-state index in [1.807, 2.05) is 40.9 Å². The van der Waals surface area contributed by atoms with Crippen LogP contribution in [-0.2, 0) is 6.54 Å². The number of amides is 2. The number of carbonyl (C=O) groups excluding carboxylic acids is 1. The molecule has 1 aromatic carbocycles. The number of hydrogen-bond donors (Lipinski definition) is 1. The van der Waals surface area contributed by atoms with Crippen molar-refractivity contribution in [2.24, 2.45) is 0 Å². The molecule has 2 amide bonds. The Hall–Kier alpha value is -2.48. The van der Waals surface area contributed by atoms with E-state index in [9.17, 15) is 4.79 Å². The summed E-state index contributed by atoms with van der Waals surface area (Å²) in [6, 6.07) is 6.04. The van der Waals surface area contributed by atoms with Crippen LogP contribution >= 0.6 is 11.7 Å².